The van der Waals surface area contributed by atoms with Crippen molar-refractivity contribution in [2.75, 3.05) is 13.2 Å². The van der Waals surface area contributed by atoms with Crippen LogP contribution in [0.25, 0.3) is 0 Å². The molecule has 4 nitrogen and oxygen atoms in total. The van der Waals surface area contributed by atoms with Crippen LogP contribution in [0.1, 0.15) is 51.9 Å². The molecule has 3 atom stereocenters. The van der Waals surface area contributed by atoms with E-state index in [1.807, 2.05) is 0 Å². The zero-order valence-electron chi connectivity index (χ0n) is 11.9. The smallest absolute Gasteiger partial charge is 0.225 e. The molecule has 3 heterocycles. The maximum Gasteiger partial charge on any atom is 0.225 e. The summed E-state index contributed by atoms with van der Waals surface area (Å²) in [5.41, 5.74) is 0. The van der Waals surface area contributed by atoms with Crippen LogP contribution in [0.3, 0.4) is 0 Å². The van der Waals surface area contributed by atoms with E-state index in [0.717, 1.165) is 38.8 Å². The summed E-state index contributed by atoms with van der Waals surface area (Å²) in [4.78, 5) is 14.6. The highest BCUT2D eigenvalue weighted by molar-refractivity contribution is 5.77. The number of piperidine rings is 1. The van der Waals surface area contributed by atoms with E-state index >= 15 is 0 Å². The predicted molar refractivity (Wildman–Crippen MR) is 73.9 cm³/mol. The van der Waals surface area contributed by atoms with Crippen LogP contribution >= 0.6 is 0 Å². The van der Waals surface area contributed by atoms with E-state index < -0.39 is 0 Å². The Morgan fingerprint density at radius 1 is 1.26 bits per heavy atom. The zero-order valence-corrected chi connectivity index (χ0v) is 11.9. The van der Waals surface area contributed by atoms with Crippen LogP contribution in [0.5, 0.6) is 0 Å². The van der Waals surface area contributed by atoms with Crippen molar-refractivity contribution in [3.63, 3.8) is 0 Å². The van der Waals surface area contributed by atoms with Crippen molar-refractivity contribution in [1.82, 2.24) is 10.2 Å². The number of ether oxygens (including phenoxy) is 1. The van der Waals surface area contributed by atoms with Crippen molar-refractivity contribution >= 4 is 5.91 Å². The monoisotopic (exact) mass is 266 g/mol. The van der Waals surface area contributed by atoms with Gasteiger partial charge in [-0.1, -0.05) is 0 Å². The van der Waals surface area contributed by atoms with Gasteiger partial charge in [0.05, 0.1) is 12.5 Å². The summed E-state index contributed by atoms with van der Waals surface area (Å²) >= 11 is 0. The predicted octanol–water partition coefficient (Wildman–Crippen LogP) is 1.69. The lowest BCUT2D eigenvalue weighted by Crippen LogP contribution is -2.50. The summed E-state index contributed by atoms with van der Waals surface area (Å²) in [5, 5.41) is 3.65. The van der Waals surface area contributed by atoms with Crippen molar-refractivity contribution < 1.29 is 9.53 Å². The molecule has 3 aliphatic heterocycles. The van der Waals surface area contributed by atoms with Crippen LogP contribution in [-0.4, -0.2) is 48.2 Å². The Balaban J connectivity index is 1.58. The molecule has 1 amide bonds. The highest BCUT2D eigenvalue weighted by atomic mass is 16.5. The number of hydrogen-bond donors (Lipinski definition) is 1. The first-order valence-electron chi connectivity index (χ1n) is 7.93. The summed E-state index contributed by atoms with van der Waals surface area (Å²) in [6.07, 6.45) is 7.80. The second-order valence-corrected chi connectivity index (χ2v) is 6.28. The zero-order chi connectivity index (χ0) is 13.2. The van der Waals surface area contributed by atoms with Crippen LogP contribution in [-0.2, 0) is 9.53 Å². The Kier molecular flexibility index (Phi) is 4.08. The first-order chi connectivity index (χ1) is 9.26. The Morgan fingerprint density at radius 3 is 2.58 bits per heavy atom. The first kappa shape index (κ1) is 13.4. The highest BCUT2D eigenvalue weighted by Gasteiger charge is 2.37. The van der Waals surface area contributed by atoms with E-state index in [1.54, 1.807) is 0 Å². The molecule has 0 aromatic carbocycles. The maximum atomic E-state index is 12.5. The van der Waals surface area contributed by atoms with E-state index in [4.69, 9.17) is 4.74 Å². The fraction of sp³-hybridized carbons (Fsp3) is 0.933. The topological polar surface area (TPSA) is 41.6 Å². The van der Waals surface area contributed by atoms with E-state index in [0.29, 0.717) is 30.5 Å². The maximum absolute atomic E-state index is 12.5. The molecule has 2 bridgehead atoms. The van der Waals surface area contributed by atoms with Crippen molar-refractivity contribution in [3.05, 3.63) is 0 Å². The van der Waals surface area contributed by atoms with Crippen molar-refractivity contribution in [2.45, 2.75) is 76.1 Å². The van der Waals surface area contributed by atoms with E-state index in [9.17, 15) is 4.79 Å². The van der Waals surface area contributed by atoms with Crippen LogP contribution < -0.4 is 5.32 Å². The molecule has 1 N–H and O–H groups in total. The number of nitrogens with zero attached hydrogens (tertiary/aromatic N) is 1. The van der Waals surface area contributed by atoms with Gasteiger partial charge >= 0.3 is 0 Å². The molecule has 3 unspecified atom stereocenters. The molecule has 4 heteroatoms. The average Bonchev–Trinajstić information content (AvgIpc) is 3.00. The SMILES string of the molecule is CCN(C(=O)CC1CCCO1)C1CC2CCC(C1)N2. The van der Waals surface area contributed by atoms with E-state index in [-0.39, 0.29) is 6.10 Å². The number of fused-ring (bicyclic) bond motifs is 2. The fourth-order valence-electron chi connectivity index (χ4n) is 4.04. The average molecular weight is 266 g/mol. The van der Waals surface area contributed by atoms with Crippen LogP contribution in [0.15, 0.2) is 0 Å². The largest absolute Gasteiger partial charge is 0.378 e. The number of rotatable bonds is 4. The minimum Gasteiger partial charge on any atom is -0.378 e. The van der Waals surface area contributed by atoms with Crippen LogP contribution in [0.2, 0.25) is 0 Å². The molecule has 3 rings (SSSR count). The van der Waals surface area contributed by atoms with Gasteiger partial charge in [0.1, 0.15) is 0 Å². The third-order valence-electron chi connectivity index (χ3n) is 4.98. The van der Waals surface area contributed by atoms with Gasteiger partial charge in [0.25, 0.3) is 0 Å². The van der Waals surface area contributed by atoms with E-state index in [2.05, 4.69) is 17.1 Å². The van der Waals surface area contributed by atoms with Gasteiger partial charge < -0.3 is 15.0 Å². The molecule has 0 aromatic heterocycles. The number of nitrogens with one attached hydrogen (secondary N) is 1. The molecular formula is C15H26N2O2. The Morgan fingerprint density at radius 2 is 2.00 bits per heavy atom. The minimum absolute atomic E-state index is 0.181. The summed E-state index contributed by atoms with van der Waals surface area (Å²) < 4.78 is 5.60. The summed E-state index contributed by atoms with van der Waals surface area (Å²) in [6, 6.07) is 1.75. The second-order valence-electron chi connectivity index (χ2n) is 6.28. The van der Waals surface area contributed by atoms with Crippen molar-refractivity contribution in [3.8, 4) is 0 Å². The van der Waals surface area contributed by atoms with Crippen LogP contribution in [0, 0.1) is 0 Å². The molecule has 108 valence electrons. The third-order valence-corrected chi connectivity index (χ3v) is 4.98. The lowest BCUT2D eigenvalue weighted by Gasteiger charge is -2.37. The highest BCUT2D eigenvalue weighted by Crippen LogP contribution is 2.30. The second kappa shape index (κ2) is 5.80. The van der Waals surface area contributed by atoms with Gasteiger partial charge in [-0.05, 0) is 45.4 Å². The van der Waals surface area contributed by atoms with Gasteiger partial charge in [-0.15, -0.1) is 0 Å². The molecule has 19 heavy (non-hydrogen) atoms. The molecule has 0 aromatic rings. The van der Waals surface area contributed by atoms with E-state index in [1.165, 1.54) is 12.8 Å². The van der Waals surface area contributed by atoms with Gasteiger partial charge in [-0.25, -0.2) is 0 Å². The van der Waals surface area contributed by atoms with Crippen LogP contribution in [0.4, 0.5) is 0 Å². The number of carbonyl (C=O) groups is 1. The Labute approximate surface area is 115 Å². The summed E-state index contributed by atoms with van der Waals surface area (Å²) in [6.45, 7) is 3.79. The quantitative estimate of drug-likeness (QED) is 0.842. The lowest BCUT2D eigenvalue weighted by atomic mass is 9.97. The lowest BCUT2D eigenvalue weighted by molar-refractivity contribution is -0.136. The number of hydrogen-bond acceptors (Lipinski definition) is 3. The molecule has 0 radical (unpaired) electrons. The Bertz CT molecular complexity index is 316. The summed E-state index contributed by atoms with van der Waals surface area (Å²) in [7, 11) is 0. The normalized spacial score (nSPS) is 37.5. The number of carbonyl (C=O) groups excluding carboxylic acids is 1. The fourth-order valence-corrected chi connectivity index (χ4v) is 4.04. The molecule has 3 aliphatic rings. The van der Waals surface area contributed by atoms with Gasteiger partial charge in [0.15, 0.2) is 0 Å². The molecule has 3 fully saturated rings. The molecular weight excluding hydrogens is 240 g/mol. The number of amides is 1. The molecule has 0 spiro atoms. The van der Waals surface area contributed by atoms with Crippen molar-refractivity contribution in [1.29, 1.82) is 0 Å². The Hall–Kier alpha value is -0.610. The van der Waals surface area contributed by atoms with Gasteiger partial charge in [-0.3, -0.25) is 4.79 Å². The van der Waals surface area contributed by atoms with Gasteiger partial charge in [-0.2, -0.15) is 0 Å². The molecule has 0 saturated carbocycles. The summed E-state index contributed by atoms with van der Waals surface area (Å²) in [5.74, 6) is 0.306. The molecule has 0 aliphatic carbocycles. The standard InChI is InChI=1S/C15H26N2O2/c1-2-17(15(18)10-14-4-3-7-19-14)13-8-11-5-6-12(9-13)16-11/h11-14,16H,2-10H2,1H3. The molecule has 3 saturated heterocycles. The van der Waals surface area contributed by atoms with Gasteiger partial charge in [0.2, 0.25) is 5.91 Å². The van der Waals surface area contributed by atoms with Gasteiger partial charge in [0, 0.05) is 31.3 Å². The van der Waals surface area contributed by atoms with Crippen molar-refractivity contribution in [2.24, 2.45) is 0 Å². The third kappa shape index (κ3) is 2.95. The minimum atomic E-state index is 0.181. The first-order valence-corrected chi connectivity index (χ1v) is 7.93.